The normalized spacial score (nSPS) is 10.1. The highest BCUT2D eigenvalue weighted by atomic mass is 127. The minimum absolute atomic E-state index is 0.176. The van der Waals surface area contributed by atoms with Crippen molar-refractivity contribution in [1.82, 2.24) is 4.98 Å². The van der Waals surface area contributed by atoms with Crippen LogP contribution < -0.4 is 11.2 Å². The average molecular weight is 373 g/mol. The van der Waals surface area contributed by atoms with Gasteiger partial charge in [-0.15, -0.1) is 0 Å². The third-order valence-electron chi connectivity index (χ3n) is 2.35. The van der Waals surface area contributed by atoms with Gasteiger partial charge < -0.3 is 10.2 Å². The summed E-state index contributed by atoms with van der Waals surface area (Å²) in [5, 5.41) is 2.79. The SMILES string of the molecule is NOC(=O)c1ccncc1Nc1ccc(I)cc1F. The zero-order valence-corrected chi connectivity index (χ0v) is 11.7. The molecule has 19 heavy (non-hydrogen) atoms. The number of halogens is 2. The Bertz CT molecular complexity index is 622. The van der Waals surface area contributed by atoms with E-state index in [2.05, 4.69) is 15.1 Å². The third kappa shape index (κ3) is 3.18. The number of carbonyl (C=O) groups is 1. The Kier molecular flexibility index (Phi) is 4.27. The number of benzene rings is 1. The van der Waals surface area contributed by atoms with Gasteiger partial charge in [-0.2, -0.15) is 5.90 Å². The van der Waals surface area contributed by atoms with Crippen LogP contribution in [0.4, 0.5) is 15.8 Å². The maximum absolute atomic E-state index is 13.7. The fraction of sp³-hybridized carbons (Fsp3) is 0. The van der Waals surface area contributed by atoms with Crippen LogP contribution >= 0.6 is 22.6 Å². The van der Waals surface area contributed by atoms with Crippen molar-refractivity contribution in [3.8, 4) is 0 Å². The quantitative estimate of drug-likeness (QED) is 0.639. The maximum Gasteiger partial charge on any atom is 0.358 e. The molecule has 0 aliphatic carbocycles. The molecule has 0 saturated heterocycles. The summed E-state index contributed by atoms with van der Waals surface area (Å²) in [6.07, 6.45) is 2.81. The number of nitrogens with two attached hydrogens (primary N) is 1. The van der Waals surface area contributed by atoms with Crippen LogP contribution in [0.5, 0.6) is 0 Å². The van der Waals surface area contributed by atoms with Crippen LogP contribution in [0.1, 0.15) is 10.4 Å². The highest BCUT2D eigenvalue weighted by molar-refractivity contribution is 14.1. The predicted molar refractivity (Wildman–Crippen MR) is 76.2 cm³/mol. The first-order valence-electron chi connectivity index (χ1n) is 5.19. The molecule has 5 nitrogen and oxygen atoms in total. The van der Waals surface area contributed by atoms with E-state index in [-0.39, 0.29) is 11.3 Å². The number of carbonyl (C=O) groups excluding carboxylic acids is 1. The second-order valence-corrected chi connectivity index (χ2v) is 4.82. The van der Waals surface area contributed by atoms with Crippen molar-refractivity contribution < 1.29 is 14.0 Å². The maximum atomic E-state index is 13.7. The number of hydrogen-bond acceptors (Lipinski definition) is 5. The fourth-order valence-corrected chi connectivity index (χ4v) is 1.92. The summed E-state index contributed by atoms with van der Waals surface area (Å²) in [7, 11) is 0. The Morgan fingerprint density at radius 3 is 2.84 bits per heavy atom. The molecule has 7 heteroatoms. The van der Waals surface area contributed by atoms with Crippen LogP contribution in [0.25, 0.3) is 0 Å². The van der Waals surface area contributed by atoms with Gasteiger partial charge in [0.1, 0.15) is 5.82 Å². The third-order valence-corrected chi connectivity index (χ3v) is 3.02. The van der Waals surface area contributed by atoms with Crippen molar-refractivity contribution in [3.63, 3.8) is 0 Å². The molecule has 0 atom stereocenters. The highest BCUT2D eigenvalue weighted by Crippen LogP contribution is 2.23. The Morgan fingerprint density at radius 2 is 2.16 bits per heavy atom. The van der Waals surface area contributed by atoms with Crippen LogP contribution in [0.15, 0.2) is 36.7 Å². The first-order valence-corrected chi connectivity index (χ1v) is 6.27. The highest BCUT2D eigenvalue weighted by Gasteiger charge is 2.13. The van der Waals surface area contributed by atoms with E-state index in [0.29, 0.717) is 5.69 Å². The molecule has 1 heterocycles. The van der Waals surface area contributed by atoms with Crippen LogP contribution in [-0.2, 0) is 4.84 Å². The first-order chi connectivity index (χ1) is 9.11. The Morgan fingerprint density at radius 1 is 1.37 bits per heavy atom. The van der Waals surface area contributed by atoms with Gasteiger partial charge in [0.25, 0.3) is 0 Å². The van der Waals surface area contributed by atoms with E-state index < -0.39 is 11.8 Å². The van der Waals surface area contributed by atoms with E-state index in [1.54, 1.807) is 12.1 Å². The standard InChI is InChI=1S/C12H9FIN3O2/c13-9-5-7(14)1-2-10(9)17-11-6-16-4-3-8(11)12(18)19-15/h1-6,17H,15H2. The molecular formula is C12H9FIN3O2. The summed E-state index contributed by atoms with van der Waals surface area (Å²) >= 11 is 2.01. The summed E-state index contributed by atoms with van der Waals surface area (Å²) in [6.45, 7) is 0. The summed E-state index contributed by atoms with van der Waals surface area (Å²) in [4.78, 5) is 19.5. The lowest BCUT2D eigenvalue weighted by atomic mass is 10.2. The van der Waals surface area contributed by atoms with E-state index in [1.807, 2.05) is 22.6 Å². The fourth-order valence-electron chi connectivity index (χ4n) is 1.47. The largest absolute Gasteiger partial charge is 0.370 e. The van der Waals surface area contributed by atoms with Crippen LogP contribution in [-0.4, -0.2) is 11.0 Å². The van der Waals surface area contributed by atoms with Gasteiger partial charge in [-0.1, -0.05) is 0 Å². The zero-order valence-electron chi connectivity index (χ0n) is 9.56. The zero-order chi connectivity index (χ0) is 13.8. The summed E-state index contributed by atoms with van der Waals surface area (Å²) < 4.78 is 14.5. The van der Waals surface area contributed by atoms with E-state index in [1.165, 1.54) is 24.5 Å². The minimum Gasteiger partial charge on any atom is -0.370 e. The number of nitrogens with one attached hydrogen (secondary N) is 1. The molecule has 98 valence electrons. The number of pyridine rings is 1. The van der Waals surface area contributed by atoms with Crippen molar-refractivity contribution in [1.29, 1.82) is 0 Å². The van der Waals surface area contributed by atoms with Gasteiger partial charge in [0, 0.05) is 9.77 Å². The second-order valence-electron chi connectivity index (χ2n) is 3.58. The van der Waals surface area contributed by atoms with E-state index >= 15 is 0 Å². The lowest BCUT2D eigenvalue weighted by Crippen LogP contribution is -2.12. The molecule has 0 spiro atoms. The van der Waals surface area contributed by atoms with Gasteiger partial charge in [0.2, 0.25) is 0 Å². The topological polar surface area (TPSA) is 77.2 Å². The molecule has 0 radical (unpaired) electrons. The van der Waals surface area contributed by atoms with Crippen molar-refractivity contribution in [3.05, 3.63) is 51.6 Å². The van der Waals surface area contributed by atoms with E-state index in [9.17, 15) is 9.18 Å². The average Bonchev–Trinajstić information content (AvgIpc) is 2.41. The van der Waals surface area contributed by atoms with Gasteiger partial charge >= 0.3 is 5.97 Å². The Labute approximate surface area is 122 Å². The number of aromatic nitrogens is 1. The number of anilines is 2. The lowest BCUT2D eigenvalue weighted by molar-refractivity contribution is 0.0504. The van der Waals surface area contributed by atoms with Gasteiger partial charge in [0.15, 0.2) is 0 Å². The number of rotatable bonds is 3. The molecule has 0 unspecified atom stereocenters. The van der Waals surface area contributed by atoms with Crippen LogP contribution in [0, 0.1) is 9.39 Å². The van der Waals surface area contributed by atoms with Crippen molar-refractivity contribution in [2.24, 2.45) is 5.90 Å². The lowest BCUT2D eigenvalue weighted by Gasteiger charge is -2.10. The predicted octanol–water partition coefficient (Wildman–Crippen LogP) is 2.60. The first kappa shape index (κ1) is 13.7. The minimum atomic E-state index is -0.726. The summed E-state index contributed by atoms with van der Waals surface area (Å²) in [5.41, 5.74) is 0.730. The molecule has 0 fully saturated rings. The van der Waals surface area contributed by atoms with Gasteiger partial charge in [0.05, 0.1) is 23.1 Å². The molecule has 0 saturated carbocycles. The van der Waals surface area contributed by atoms with Gasteiger partial charge in [-0.25, -0.2) is 9.18 Å². The summed E-state index contributed by atoms with van der Waals surface area (Å²) in [6, 6.07) is 6.12. The molecule has 2 aromatic rings. The molecule has 0 aliphatic rings. The number of nitrogens with zero attached hydrogens (tertiary/aromatic N) is 1. The Balaban J connectivity index is 2.35. The molecule has 3 N–H and O–H groups in total. The molecule has 0 bridgehead atoms. The van der Waals surface area contributed by atoms with Crippen LogP contribution in [0.3, 0.4) is 0 Å². The van der Waals surface area contributed by atoms with E-state index in [4.69, 9.17) is 5.90 Å². The monoisotopic (exact) mass is 373 g/mol. The molecule has 1 aromatic heterocycles. The van der Waals surface area contributed by atoms with Crippen molar-refractivity contribution in [2.75, 3.05) is 5.32 Å². The molecular weight excluding hydrogens is 364 g/mol. The van der Waals surface area contributed by atoms with Crippen molar-refractivity contribution >= 4 is 39.9 Å². The van der Waals surface area contributed by atoms with E-state index in [0.717, 1.165) is 3.57 Å². The second kappa shape index (κ2) is 5.93. The van der Waals surface area contributed by atoms with Gasteiger partial charge in [-0.05, 0) is 46.9 Å². The summed E-state index contributed by atoms with van der Waals surface area (Å²) in [5.74, 6) is 3.69. The molecule has 0 aliphatic heterocycles. The Hall–Kier alpha value is -1.74. The molecule has 2 rings (SSSR count). The molecule has 0 amide bonds. The smallest absolute Gasteiger partial charge is 0.358 e. The van der Waals surface area contributed by atoms with Crippen LogP contribution in [0.2, 0.25) is 0 Å². The number of hydrogen-bond donors (Lipinski definition) is 2. The van der Waals surface area contributed by atoms with Crippen molar-refractivity contribution in [2.45, 2.75) is 0 Å². The molecule has 1 aromatic carbocycles. The van der Waals surface area contributed by atoms with Gasteiger partial charge in [-0.3, -0.25) is 4.98 Å².